The third-order valence-corrected chi connectivity index (χ3v) is 3.30. The number of hydrogen-bond donors (Lipinski definition) is 1. The van der Waals surface area contributed by atoms with Crippen LogP contribution >= 0.6 is 0 Å². The number of hydrogen-bond acceptors (Lipinski definition) is 4. The Morgan fingerprint density at radius 3 is 2.95 bits per heavy atom. The van der Waals surface area contributed by atoms with Gasteiger partial charge in [0.2, 0.25) is 5.91 Å². The van der Waals surface area contributed by atoms with Crippen molar-refractivity contribution in [3.8, 4) is 0 Å². The van der Waals surface area contributed by atoms with Gasteiger partial charge in [-0.15, -0.1) is 0 Å². The van der Waals surface area contributed by atoms with Gasteiger partial charge in [0.1, 0.15) is 19.0 Å². The van der Waals surface area contributed by atoms with Crippen LogP contribution in [0.1, 0.15) is 19.2 Å². The van der Waals surface area contributed by atoms with Gasteiger partial charge in [0.15, 0.2) is 0 Å². The third-order valence-electron chi connectivity index (χ3n) is 3.30. The summed E-state index contributed by atoms with van der Waals surface area (Å²) in [4.78, 5) is 16.6. The van der Waals surface area contributed by atoms with Gasteiger partial charge in [-0.05, 0) is 25.5 Å². The van der Waals surface area contributed by atoms with Crippen molar-refractivity contribution in [2.75, 3.05) is 26.9 Å². The summed E-state index contributed by atoms with van der Waals surface area (Å²) in [6, 6.07) is 7.77. The monoisotopic (exact) mass is 305 g/mol. The largest absolute Gasteiger partial charge is 0.382 e. The number of rotatable bonds is 9. The Morgan fingerprint density at radius 2 is 2.18 bits per heavy atom. The number of nitrogens with one attached hydrogen (secondary N) is 1. The van der Waals surface area contributed by atoms with Crippen molar-refractivity contribution in [3.63, 3.8) is 0 Å². The molecule has 0 radical (unpaired) electrons. The Bertz CT molecular complexity index is 610. The van der Waals surface area contributed by atoms with Crippen LogP contribution in [0.4, 0.5) is 0 Å². The van der Waals surface area contributed by atoms with Crippen LogP contribution in [-0.4, -0.2) is 42.3 Å². The van der Waals surface area contributed by atoms with Crippen molar-refractivity contribution in [1.29, 1.82) is 0 Å². The highest BCUT2D eigenvalue weighted by molar-refractivity contribution is 5.81. The lowest BCUT2D eigenvalue weighted by Gasteiger charge is -2.09. The van der Waals surface area contributed by atoms with Crippen LogP contribution in [-0.2, 0) is 27.4 Å². The molecule has 0 unspecified atom stereocenters. The normalized spacial score (nSPS) is 11.0. The first-order chi connectivity index (χ1) is 10.8. The molecule has 0 aliphatic rings. The van der Waals surface area contributed by atoms with Gasteiger partial charge in [0.25, 0.3) is 0 Å². The number of ether oxygens (including phenoxy) is 2. The molecule has 1 aromatic carbocycles. The zero-order chi connectivity index (χ0) is 15.8. The highest BCUT2D eigenvalue weighted by Crippen LogP contribution is 2.16. The molecule has 0 atom stereocenters. The quantitative estimate of drug-likeness (QED) is 0.717. The van der Waals surface area contributed by atoms with Gasteiger partial charge in [-0.1, -0.05) is 12.1 Å². The maximum Gasteiger partial charge on any atom is 0.240 e. The van der Waals surface area contributed by atoms with Crippen molar-refractivity contribution in [2.24, 2.45) is 0 Å². The number of methoxy groups -OCH3 is 1. The molecule has 120 valence electrons. The summed E-state index contributed by atoms with van der Waals surface area (Å²) >= 11 is 0. The zero-order valence-electron chi connectivity index (χ0n) is 13.2. The van der Waals surface area contributed by atoms with E-state index >= 15 is 0 Å². The summed E-state index contributed by atoms with van der Waals surface area (Å²) in [6.07, 6.45) is 0.815. The number of nitrogens with zero attached hydrogens (tertiary/aromatic N) is 2. The molecule has 1 heterocycles. The summed E-state index contributed by atoms with van der Waals surface area (Å²) in [7, 11) is 1.62. The van der Waals surface area contributed by atoms with E-state index in [-0.39, 0.29) is 12.5 Å². The van der Waals surface area contributed by atoms with Gasteiger partial charge in [-0.2, -0.15) is 0 Å². The summed E-state index contributed by atoms with van der Waals surface area (Å²) < 4.78 is 12.3. The molecule has 22 heavy (non-hydrogen) atoms. The molecular formula is C16H23N3O3. The molecule has 0 fully saturated rings. The van der Waals surface area contributed by atoms with Gasteiger partial charge < -0.3 is 19.4 Å². The minimum absolute atomic E-state index is 0.0306. The molecule has 6 nitrogen and oxygen atoms in total. The smallest absolute Gasteiger partial charge is 0.240 e. The second kappa shape index (κ2) is 8.51. The van der Waals surface area contributed by atoms with Gasteiger partial charge >= 0.3 is 0 Å². The number of fused-ring (bicyclic) bond motifs is 1. The number of carbonyl (C=O) groups excluding carboxylic acids is 1. The van der Waals surface area contributed by atoms with E-state index in [0.717, 1.165) is 23.3 Å². The van der Waals surface area contributed by atoms with Crippen molar-refractivity contribution in [1.82, 2.24) is 14.9 Å². The lowest BCUT2D eigenvalue weighted by Crippen LogP contribution is -2.29. The summed E-state index contributed by atoms with van der Waals surface area (Å²) in [5.74, 6) is 0.727. The molecule has 0 spiro atoms. The predicted molar refractivity (Wildman–Crippen MR) is 84.6 cm³/mol. The third kappa shape index (κ3) is 4.29. The van der Waals surface area contributed by atoms with Crippen LogP contribution in [0.3, 0.4) is 0 Å². The van der Waals surface area contributed by atoms with Crippen molar-refractivity contribution in [3.05, 3.63) is 30.1 Å². The standard InChI is InChI=1S/C16H23N3O3/c1-3-22-10-6-9-17-16(20)11-19-14-8-5-4-7-13(14)18-15(19)12-21-2/h4-5,7-8H,3,6,9-12H2,1-2H3,(H,17,20). The Kier molecular flexibility index (Phi) is 6.36. The van der Waals surface area contributed by atoms with Crippen molar-refractivity contribution in [2.45, 2.75) is 26.5 Å². The van der Waals surface area contributed by atoms with Gasteiger partial charge in [-0.25, -0.2) is 4.98 Å². The lowest BCUT2D eigenvalue weighted by molar-refractivity contribution is -0.121. The highest BCUT2D eigenvalue weighted by Gasteiger charge is 2.12. The van der Waals surface area contributed by atoms with E-state index in [9.17, 15) is 4.79 Å². The number of carbonyl (C=O) groups is 1. The van der Waals surface area contributed by atoms with E-state index < -0.39 is 0 Å². The van der Waals surface area contributed by atoms with E-state index in [1.807, 2.05) is 35.8 Å². The molecular weight excluding hydrogens is 282 g/mol. The second-order valence-electron chi connectivity index (χ2n) is 4.94. The fraction of sp³-hybridized carbons (Fsp3) is 0.500. The average molecular weight is 305 g/mol. The number of amides is 1. The molecule has 0 bridgehead atoms. The van der Waals surface area contributed by atoms with Gasteiger partial charge in [-0.3, -0.25) is 4.79 Å². The van der Waals surface area contributed by atoms with E-state index in [0.29, 0.717) is 26.4 Å². The highest BCUT2D eigenvalue weighted by atomic mass is 16.5. The summed E-state index contributed by atoms with van der Waals surface area (Å²) in [6.45, 7) is 4.57. The molecule has 2 rings (SSSR count). The van der Waals surface area contributed by atoms with Crippen LogP contribution in [0.15, 0.2) is 24.3 Å². The SMILES string of the molecule is CCOCCCNC(=O)Cn1c(COC)nc2ccccc21. The maximum atomic E-state index is 12.1. The first-order valence-corrected chi connectivity index (χ1v) is 7.53. The van der Waals surface area contributed by atoms with Crippen LogP contribution in [0.2, 0.25) is 0 Å². The maximum absolute atomic E-state index is 12.1. The number of aromatic nitrogens is 2. The summed E-state index contributed by atoms with van der Waals surface area (Å²) in [5.41, 5.74) is 1.82. The van der Waals surface area contributed by atoms with Crippen LogP contribution in [0, 0.1) is 0 Å². The van der Waals surface area contributed by atoms with Crippen molar-refractivity contribution < 1.29 is 14.3 Å². The molecule has 2 aromatic rings. The average Bonchev–Trinajstić information content (AvgIpc) is 2.85. The van der Waals surface area contributed by atoms with Gasteiger partial charge in [0, 0.05) is 26.9 Å². The fourth-order valence-electron chi connectivity index (χ4n) is 2.29. The first kappa shape index (κ1) is 16.5. The zero-order valence-corrected chi connectivity index (χ0v) is 13.2. The Hall–Kier alpha value is -1.92. The first-order valence-electron chi connectivity index (χ1n) is 7.53. The minimum Gasteiger partial charge on any atom is -0.382 e. The van der Waals surface area contributed by atoms with Crippen LogP contribution in [0.25, 0.3) is 11.0 Å². The Morgan fingerprint density at radius 1 is 1.36 bits per heavy atom. The predicted octanol–water partition coefficient (Wildman–Crippen LogP) is 1.73. The minimum atomic E-state index is -0.0306. The number of benzene rings is 1. The number of para-hydroxylation sites is 2. The van der Waals surface area contributed by atoms with Crippen LogP contribution < -0.4 is 5.32 Å². The van der Waals surface area contributed by atoms with Crippen molar-refractivity contribution >= 4 is 16.9 Å². The molecule has 1 aromatic heterocycles. The van der Waals surface area contributed by atoms with E-state index in [2.05, 4.69) is 10.3 Å². The Balaban J connectivity index is 2.00. The second-order valence-corrected chi connectivity index (χ2v) is 4.94. The molecule has 6 heteroatoms. The van der Waals surface area contributed by atoms with E-state index in [1.165, 1.54) is 0 Å². The molecule has 1 N–H and O–H groups in total. The fourth-order valence-corrected chi connectivity index (χ4v) is 2.29. The topological polar surface area (TPSA) is 65.4 Å². The molecule has 0 aliphatic heterocycles. The number of imidazole rings is 1. The van der Waals surface area contributed by atoms with E-state index in [1.54, 1.807) is 7.11 Å². The molecule has 0 aliphatic carbocycles. The molecule has 0 saturated carbocycles. The van der Waals surface area contributed by atoms with Gasteiger partial charge in [0.05, 0.1) is 11.0 Å². The van der Waals surface area contributed by atoms with E-state index in [4.69, 9.17) is 9.47 Å². The molecule has 0 saturated heterocycles. The Labute approximate surface area is 130 Å². The van der Waals surface area contributed by atoms with Crippen LogP contribution in [0.5, 0.6) is 0 Å². The lowest BCUT2D eigenvalue weighted by atomic mass is 10.3. The summed E-state index contributed by atoms with van der Waals surface area (Å²) in [5, 5.41) is 2.91. The molecule has 1 amide bonds.